The lowest BCUT2D eigenvalue weighted by molar-refractivity contribution is 0.737. The van der Waals surface area contributed by atoms with Gasteiger partial charge in [0.2, 0.25) is 0 Å². The second-order valence-corrected chi connectivity index (χ2v) is 4.65. The van der Waals surface area contributed by atoms with Crippen molar-refractivity contribution >= 4 is 0 Å². The summed E-state index contributed by atoms with van der Waals surface area (Å²) in [6, 6.07) is 8.93. The van der Waals surface area contributed by atoms with E-state index >= 15 is 0 Å². The molecule has 0 unspecified atom stereocenters. The molecule has 0 aliphatic heterocycles. The maximum absolute atomic E-state index is 2.24. The number of hydrogen-bond donors (Lipinski definition) is 0. The van der Waals surface area contributed by atoms with Crippen LogP contribution in [0.1, 0.15) is 66.0 Å². The highest BCUT2D eigenvalue weighted by Gasteiger charge is 1.90. The molecular formula is C17H32. The number of rotatable bonds is 3. The fourth-order valence-corrected chi connectivity index (χ4v) is 1.23. The Balaban J connectivity index is 0. The third kappa shape index (κ3) is 13.2. The lowest BCUT2D eigenvalue weighted by atomic mass is 10.1. The van der Waals surface area contributed by atoms with Crippen LogP contribution >= 0.6 is 0 Å². The summed E-state index contributed by atoms with van der Waals surface area (Å²) >= 11 is 0. The lowest BCUT2D eigenvalue weighted by Gasteiger charge is -1.99. The topological polar surface area (TPSA) is 0 Å². The van der Waals surface area contributed by atoms with Gasteiger partial charge in [-0.05, 0) is 29.9 Å². The molecule has 0 aliphatic rings. The molecule has 0 saturated carbocycles. The highest BCUT2D eigenvalue weighted by atomic mass is 14.0. The molecule has 0 fully saturated rings. The van der Waals surface area contributed by atoms with Crippen molar-refractivity contribution in [1.82, 2.24) is 0 Å². The molecule has 1 aromatic carbocycles. The molecule has 0 spiro atoms. The minimum atomic E-state index is 0.833. The van der Waals surface area contributed by atoms with E-state index in [2.05, 4.69) is 58.9 Å². The second kappa shape index (κ2) is 13.3. The lowest BCUT2D eigenvalue weighted by Crippen LogP contribution is -1.84. The molecule has 1 aromatic rings. The third-order valence-corrected chi connectivity index (χ3v) is 1.97. The zero-order valence-corrected chi connectivity index (χ0v) is 13.0. The van der Waals surface area contributed by atoms with Gasteiger partial charge in [0.25, 0.3) is 0 Å². The molecule has 0 atom stereocenters. The van der Waals surface area contributed by atoms with E-state index in [1.54, 1.807) is 0 Å². The standard InChI is InChI=1S/C11H16.C4H10.C2H6/c1-3-5-11-8-6-10(4-2)7-9-11;1-4(2)3;1-2/h6-9H,3-5H2,1-2H3;4H,1-3H3;1-2H3. The van der Waals surface area contributed by atoms with Crippen LogP contribution in [0.2, 0.25) is 0 Å². The highest BCUT2D eigenvalue weighted by Crippen LogP contribution is 2.06. The summed E-state index contributed by atoms with van der Waals surface area (Å²) < 4.78 is 0. The Morgan fingerprint density at radius 2 is 1.18 bits per heavy atom. The fourth-order valence-electron chi connectivity index (χ4n) is 1.23. The van der Waals surface area contributed by atoms with Gasteiger partial charge in [-0.25, -0.2) is 0 Å². The highest BCUT2D eigenvalue weighted by molar-refractivity contribution is 5.22. The number of aryl methyl sites for hydroxylation is 2. The van der Waals surface area contributed by atoms with Crippen molar-refractivity contribution in [3.63, 3.8) is 0 Å². The van der Waals surface area contributed by atoms with Crippen LogP contribution in [0.3, 0.4) is 0 Å². The van der Waals surface area contributed by atoms with E-state index in [-0.39, 0.29) is 0 Å². The largest absolute Gasteiger partial charge is 0.0683 e. The van der Waals surface area contributed by atoms with Crippen LogP contribution in [-0.2, 0) is 12.8 Å². The van der Waals surface area contributed by atoms with Crippen molar-refractivity contribution in [1.29, 1.82) is 0 Å². The van der Waals surface area contributed by atoms with E-state index in [0.717, 1.165) is 12.3 Å². The van der Waals surface area contributed by atoms with E-state index in [4.69, 9.17) is 0 Å². The maximum atomic E-state index is 2.24. The zero-order chi connectivity index (χ0) is 13.7. The van der Waals surface area contributed by atoms with Gasteiger partial charge < -0.3 is 0 Å². The summed E-state index contributed by atoms with van der Waals surface area (Å²) in [5, 5.41) is 0. The molecular weight excluding hydrogens is 204 g/mol. The summed E-state index contributed by atoms with van der Waals surface area (Å²) in [6.07, 6.45) is 3.60. The average molecular weight is 236 g/mol. The van der Waals surface area contributed by atoms with Crippen LogP contribution in [0, 0.1) is 5.92 Å². The first kappa shape index (κ1) is 18.6. The Bertz CT molecular complexity index is 228. The maximum Gasteiger partial charge on any atom is -0.0281 e. The van der Waals surface area contributed by atoms with Crippen molar-refractivity contribution in [2.45, 2.75) is 67.7 Å². The van der Waals surface area contributed by atoms with Crippen LogP contribution < -0.4 is 0 Å². The van der Waals surface area contributed by atoms with Gasteiger partial charge in [0.15, 0.2) is 0 Å². The minimum absolute atomic E-state index is 0.833. The molecule has 1 rings (SSSR count). The van der Waals surface area contributed by atoms with Crippen molar-refractivity contribution in [3.8, 4) is 0 Å². The van der Waals surface area contributed by atoms with E-state index in [9.17, 15) is 0 Å². The van der Waals surface area contributed by atoms with E-state index in [1.165, 1.54) is 24.0 Å². The Morgan fingerprint density at radius 3 is 1.47 bits per heavy atom. The van der Waals surface area contributed by atoms with Crippen LogP contribution in [0.5, 0.6) is 0 Å². The zero-order valence-electron chi connectivity index (χ0n) is 13.0. The molecule has 0 heteroatoms. The Morgan fingerprint density at radius 1 is 0.824 bits per heavy atom. The Hall–Kier alpha value is -0.780. The molecule has 100 valence electrons. The van der Waals surface area contributed by atoms with Crippen molar-refractivity contribution in [2.24, 2.45) is 5.92 Å². The van der Waals surface area contributed by atoms with Gasteiger partial charge in [-0.1, -0.05) is 79.2 Å². The summed E-state index contributed by atoms with van der Waals surface area (Å²) in [4.78, 5) is 0. The van der Waals surface area contributed by atoms with E-state index in [1.807, 2.05) is 13.8 Å². The molecule has 0 saturated heterocycles. The average Bonchev–Trinajstić information content (AvgIpc) is 2.32. The molecule has 0 N–H and O–H groups in total. The molecule has 0 bridgehead atoms. The number of benzene rings is 1. The quantitative estimate of drug-likeness (QED) is 0.614. The Labute approximate surface area is 109 Å². The van der Waals surface area contributed by atoms with E-state index < -0.39 is 0 Å². The minimum Gasteiger partial charge on any atom is -0.0683 e. The molecule has 0 aliphatic carbocycles. The molecule has 0 aromatic heterocycles. The molecule has 17 heavy (non-hydrogen) atoms. The molecule has 0 heterocycles. The molecule has 0 radical (unpaired) electrons. The van der Waals surface area contributed by atoms with Crippen molar-refractivity contribution < 1.29 is 0 Å². The van der Waals surface area contributed by atoms with Crippen LogP contribution in [0.15, 0.2) is 24.3 Å². The van der Waals surface area contributed by atoms with Gasteiger partial charge in [-0.3, -0.25) is 0 Å². The van der Waals surface area contributed by atoms with Gasteiger partial charge in [-0.15, -0.1) is 0 Å². The first-order chi connectivity index (χ1) is 8.10. The second-order valence-electron chi connectivity index (χ2n) is 4.65. The van der Waals surface area contributed by atoms with Crippen molar-refractivity contribution in [2.75, 3.05) is 0 Å². The summed E-state index contributed by atoms with van der Waals surface area (Å²) in [5.41, 5.74) is 2.90. The Kier molecular flexibility index (Phi) is 14.5. The predicted octanol–water partition coefficient (Wildman–Crippen LogP) is 5.89. The summed E-state index contributed by atoms with van der Waals surface area (Å²) in [7, 11) is 0. The predicted molar refractivity (Wildman–Crippen MR) is 81.7 cm³/mol. The van der Waals surface area contributed by atoms with Crippen LogP contribution in [-0.4, -0.2) is 0 Å². The molecule has 0 nitrogen and oxygen atoms in total. The first-order valence-corrected chi connectivity index (χ1v) is 7.17. The smallest absolute Gasteiger partial charge is 0.0281 e. The molecule has 0 amide bonds. The van der Waals surface area contributed by atoms with Crippen molar-refractivity contribution in [3.05, 3.63) is 35.4 Å². The van der Waals surface area contributed by atoms with Gasteiger partial charge in [0.05, 0.1) is 0 Å². The van der Waals surface area contributed by atoms with Gasteiger partial charge in [0.1, 0.15) is 0 Å². The van der Waals surface area contributed by atoms with Gasteiger partial charge >= 0.3 is 0 Å². The first-order valence-electron chi connectivity index (χ1n) is 7.17. The van der Waals surface area contributed by atoms with E-state index in [0.29, 0.717) is 0 Å². The van der Waals surface area contributed by atoms with Crippen LogP contribution in [0.25, 0.3) is 0 Å². The summed E-state index contributed by atoms with van der Waals surface area (Å²) in [6.45, 7) is 14.9. The van der Waals surface area contributed by atoms with Gasteiger partial charge in [0, 0.05) is 0 Å². The SMILES string of the molecule is CC.CC(C)C.CCCc1ccc(CC)cc1. The summed E-state index contributed by atoms with van der Waals surface area (Å²) in [5.74, 6) is 0.833. The monoisotopic (exact) mass is 236 g/mol. The fraction of sp³-hybridized carbons (Fsp3) is 0.647. The number of hydrogen-bond acceptors (Lipinski definition) is 0. The third-order valence-electron chi connectivity index (χ3n) is 1.97. The van der Waals surface area contributed by atoms with Gasteiger partial charge in [-0.2, -0.15) is 0 Å². The van der Waals surface area contributed by atoms with Crippen LogP contribution in [0.4, 0.5) is 0 Å². The normalized spacial score (nSPS) is 8.94.